The molecule has 0 unspecified atom stereocenters. The lowest BCUT2D eigenvalue weighted by molar-refractivity contribution is -0.128. The van der Waals surface area contributed by atoms with E-state index in [0.29, 0.717) is 26.1 Å². The molecule has 0 radical (unpaired) electrons. The minimum absolute atomic E-state index is 0. The minimum atomic E-state index is 0. The molecular weight excluding hydrogens is 519 g/mol. The van der Waals surface area contributed by atoms with Crippen LogP contribution in [0.1, 0.15) is 42.0 Å². The monoisotopic (exact) mass is 552 g/mol. The van der Waals surface area contributed by atoms with Gasteiger partial charge in [0.25, 0.3) is 0 Å². The van der Waals surface area contributed by atoms with E-state index in [1.807, 2.05) is 17.0 Å². The number of guanidine groups is 1. The van der Waals surface area contributed by atoms with Gasteiger partial charge in [0.15, 0.2) is 5.96 Å². The molecule has 1 saturated heterocycles. The van der Waals surface area contributed by atoms with E-state index in [4.69, 9.17) is 4.99 Å². The van der Waals surface area contributed by atoms with Crippen LogP contribution in [0.2, 0.25) is 0 Å². The molecule has 1 aliphatic rings. The largest absolute Gasteiger partial charge is 0.357 e. The second-order valence-corrected chi connectivity index (χ2v) is 8.40. The van der Waals surface area contributed by atoms with Gasteiger partial charge in [-0.25, -0.2) is 4.99 Å². The first-order valence-electron chi connectivity index (χ1n) is 10.6. The number of rotatable bonds is 8. The van der Waals surface area contributed by atoms with Crippen molar-refractivity contribution in [3.63, 3.8) is 0 Å². The van der Waals surface area contributed by atoms with E-state index in [0.717, 1.165) is 25.5 Å². The molecule has 31 heavy (non-hydrogen) atoms. The third kappa shape index (κ3) is 7.42. The van der Waals surface area contributed by atoms with Crippen LogP contribution < -0.4 is 10.6 Å². The van der Waals surface area contributed by atoms with Gasteiger partial charge < -0.3 is 15.5 Å². The number of aryl methyl sites for hydroxylation is 1. The van der Waals surface area contributed by atoms with Gasteiger partial charge in [-0.1, -0.05) is 36.4 Å². The molecule has 0 spiro atoms. The van der Waals surface area contributed by atoms with Gasteiger partial charge in [0, 0.05) is 37.5 Å². The molecule has 1 heterocycles. The zero-order valence-electron chi connectivity index (χ0n) is 18.6. The lowest BCUT2D eigenvalue weighted by atomic mass is 10.1. The Morgan fingerprint density at radius 1 is 1.13 bits per heavy atom. The van der Waals surface area contributed by atoms with Crippen LogP contribution in [0.5, 0.6) is 0 Å². The zero-order chi connectivity index (χ0) is 21.3. The zero-order valence-corrected chi connectivity index (χ0v) is 21.8. The molecule has 3 rings (SSSR count). The Hall–Kier alpha value is -1.74. The third-order valence-corrected chi connectivity index (χ3v) is 6.11. The fourth-order valence-corrected chi connectivity index (χ4v) is 4.33. The first kappa shape index (κ1) is 25.5. The maximum atomic E-state index is 12.0. The van der Waals surface area contributed by atoms with Gasteiger partial charge in [0.1, 0.15) is 0 Å². The molecule has 0 aromatic heterocycles. The number of nitrogens with zero attached hydrogens (tertiary/aromatic N) is 2. The van der Waals surface area contributed by atoms with Crippen molar-refractivity contribution in [2.45, 2.75) is 51.2 Å². The van der Waals surface area contributed by atoms with Crippen LogP contribution in [0, 0.1) is 6.92 Å². The van der Waals surface area contributed by atoms with Crippen molar-refractivity contribution in [1.82, 2.24) is 15.5 Å². The Labute approximate surface area is 207 Å². The molecular formula is C24H33IN4OS. The Morgan fingerprint density at radius 3 is 2.58 bits per heavy atom. The number of aliphatic imine (C=N–C) groups is 1. The number of carbonyl (C=O) groups excluding carboxylic acids is 1. The molecule has 2 aromatic rings. The number of amides is 1. The van der Waals surface area contributed by atoms with E-state index in [1.54, 1.807) is 11.8 Å². The number of benzene rings is 2. The van der Waals surface area contributed by atoms with Crippen LogP contribution in [0.3, 0.4) is 0 Å². The number of hydrogen-bond donors (Lipinski definition) is 2. The Morgan fingerprint density at radius 2 is 1.90 bits per heavy atom. The summed E-state index contributed by atoms with van der Waals surface area (Å²) in [5.41, 5.74) is 4.89. The summed E-state index contributed by atoms with van der Waals surface area (Å²) >= 11 is 1.76. The van der Waals surface area contributed by atoms with Crippen LogP contribution in [-0.4, -0.2) is 36.1 Å². The topological polar surface area (TPSA) is 56.7 Å². The predicted molar refractivity (Wildman–Crippen MR) is 141 cm³/mol. The average Bonchev–Trinajstić information content (AvgIpc) is 3.16. The van der Waals surface area contributed by atoms with Gasteiger partial charge in [-0.2, -0.15) is 0 Å². The van der Waals surface area contributed by atoms with Gasteiger partial charge >= 0.3 is 0 Å². The standard InChI is InChI=1S/C24H32N4OS.HI/c1-4-25-24(27-16-20-12-11-18(2)14-22(20)30-3)26-15-19-8-5-6-9-21(19)17-28-13-7-10-23(28)29;/h5-6,8-9,11-12,14H,4,7,10,13,15-17H2,1-3H3,(H2,25,26,27);1H. The van der Waals surface area contributed by atoms with Crippen LogP contribution in [0.4, 0.5) is 0 Å². The van der Waals surface area contributed by atoms with Crippen molar-refractivity contribution in [2.24, 2.45) is 4.99 Å². The summed E-state index contributed by atoms with van der Waals surface area (Å²) in [4.78, 5) is 20.0. The van der Waals surface area contributed by atoms with Gasteiger partial charge in [0.05, 0.1) is 6.54 Å². The lowest BCUT2D eigenvalue weighted by Gasteiger charge is -2.19. The summed E-state index contributed by atoms with van der Waals surface area (Å²) in [6.07, 6.45) is 3.75. The second kappa shape index (κ2) is 13.0. The summed E-state index contributed by atoms with van der Waals surface area (Å²) in [6, 6.07) is 14.8. The summed E-state index contributed by atoms with van der Waals surface area (Å²) in [5.74, 6) is 1.06. The van der Waals surface area contributed by atoms with E-state index < -0.39 is 0 Å². The van der Waals surface area contributed by atoms with Crippen molar-refractivity contribution in [3.05, 3.63) is 64.7 Å². The number of nitrogens with one attached hydrogen (secondary N) is 2. The highest BCUT2D eigenvalue weighted by atomic mass is 127. The third-order valence-electron chi connectivity index (χ3n) is 5.29. The van der Waals surface area contributed by atoms with Gasteiger partial charge in [-0.15, -0.1) is 35.7 Å². The Bertz CT molecular complexity index is 903. The smallest absolute Gasteiger partial charge is 0.222 e. The van der Waals surface area contributed by atoms with Gasteiger partial charge in [-0.05, 0) is 54.8 Å². The lowest BCUT2D eigenvalue weighted by Crippen LogP contribution is -2.37. The van der Waals surface area contributed by atoms with E-state index >= 15 is 0 Å². The van der Waals surface area contributed by atoms with Crippen molar-refractivity contribution in [3.8, 4) is 0 Å². The van der Waals surface area contributed by atoms with Crippen LogP contribution in [-0.2, 0) is 24.4 Å². The molecule has 1 amide bonds. The Kier molecular flexibility index (Phi) is 10.7. The van der Waals surface area contributed by atoms with E-state index in [2.05, 4.69) is 61.1 Å². The molecule has 7 heteroatoms. The predicted octanol–water partition coefficient (Wildman–Crippen LogP) is 4.71. The number of halogens is 1. The fraction of sp³-hybridized carbons (Fsp3) is 0.417. The number of carbonyl (C=O) groups is 1. The number of hydrogen-bond acceptors (Lipinski definition) is 3. The molecule has 5 nitrogen and oxygen atoms in total. The number of thioether (sulfide) groups is 1. The van der Waals surface area contributed by atoms with E-state index in [-0.39, 0.29) is 29.9 Å². The van der Waals surface area contributed by atoms with Gasteiger partial charge in [-0.3, -0.25) is 4.79 Å². The number of likely N-dealkylation sites (tertiary alicyclic amines) is 1. The summed E-state index contributed by atoms with van der Waals surface area (Å²) in [6.45, 7) is 7.85. The fourth-order valence-electron chi connectivity index (χ4n) is 3.63. The molecule has 0 atom stereocenters. The molecule has 0 saturated carbocycles. The Balaban J connectivity index is 0.00000341. The molecule has 2 aromatic carbocycles. The van der Waals surface area contributed by atoms with Crippen LogP contribution >= 0.6 is 35.7 Å². The summed E-state index contributed by atoms with van der Waals surface area (Å²) in [7, 11) is 0. The summed E-state index contributed by atoms with van der Waals surface area (Å²) < 4.78 is 0. The second-order valence-electron chi connectivity index (χ2n) is 7.55. The highest BCUT2D eigenvalue weighted by molar-refractivity contribution is 14.0. The quantitative estimate of drug-likeness (QED) is 0.216. The maximum Gasteiger partial charge on any atom is 0.222 e. The molecule has 2 N–H and O–H groups in total. The van der Waals surface area contributed by atoms with Crippen LogP contribution in [0.25, 0.3) is 0 Å². The molecule has 1 fully saturated rings. The van der Waals surface area contributed by atoms with E-state index in [1.165, 1.54) is 27.1 Å². The summed E-state index contributed by atoms with van der Waals surface area (Å²) in [5, 5.41) is 6.80. The molecule has 168 valence electrons. The highest BCUT2D eigenvalue weighted by Gasteiger charge is 2.20. The molecule has 0 aliphatic carbocycles. The first-order chi connectivity index (χ1) is 14.6. The molecule has 0 bridgehead atoms. The normalized spacial score (nSPS) is 13.8. The minimum Gasteiger partial charge on any atom is -0.357 e. The first-order valence-corrected chi connectivity index (χ1v) is 11.8. The molecule has 1 aliphatic heterocycles. The van der Waals surface area contributed by atoms with Crippen molar-refractivity contribution >= 4 is 47.6 Å². The van der Waals surface area contributed by atoms with Crippen molar-refractivity contribution < 1.29 is 4.79 Å². The van der Waals surface area contributed by atoms with E-state index in [9.17, 15) is 4.79 Å². The SMILES string of the molecule is CCNC(=NCc1ccc(C)cc1SC)NCc1ccccc1CN1CCCC1=O.I. The van der Waals surface area contributed by atoms with Crippen molar-refractivity contribution in [2.75, 3.05) is 19.3 Å². The maximum absolute atomic E-state index is 12.0. The average molecular weight is 553 g/mol. The van der Waals surface area contributed by atoms with Crippen molar-refractivity contribution in [1.29, 1.82) is 0 Å². The van der Waals surface area contributed by atoms with Gasteiger partial charge in [0.2, 0.25) is 5.91 Å². The highest BCUT2D eigenvalue weighted by Crippen LogP contribution is 2.22. The van der Waals surface area contributed by atoms with Crippen LogP contribution in [0.15, 0.2) is 52.4 Å².